The maximum absolute atomic E-state index is 12.2. The van der Waals surface area contributed by atoms with Crippen molar-refractivity contribution in [3.8, 4) is 0 Å². The van der Waals surface area contributed by atoms with Gasteiger partial charge in [-0.05, 0) is 25.0 Å². The molecule has 0 atom stereocenters. The zero-order valence-electron chi connectivity index (χ0n) is 13.2. The molecule has 0 unspecified atom stereocenters. The van der Waals surface area contributed by atoms with Gasteiger partial charge in [-0.15, -0.1) is 0 Å². The number of anilines is 1. The summed E-state index contributed by atoms with van der Waals surface area (Å²) < 4.78 is 25.2. The Balaban J connectivity index is 2.97. The van der Waals surface area contributed by atoms with E-state index >= 15 is 0 Å². The zero-order valence-corrected chi connectivity index (χ0v) is 14.0. The van der Waals surface area contributed by atoms with Crippen LogP contribution < -0.4 is 4.31 Å². The number of rotatable bonds is 7. The number of carbonyl (C=O) groups excluding carboxylic acids is 1. The van der Waals surface area contributed by atoms with Gasteiger partial charge >= 0.3 is 0 Å². The highest BCUT2D eigenvalue weighted by Crippen LogP contribution is 2.21. The monoisotopic (exact) mass is 312 g/mol. The van der Waals surface area contributed by atoms with Gasteiger partial charge in [0, 0.05) is 13.6 Å². The molecule has 5 nitrogen and oxygen atoms in total. The van der Waals surface area contributed by atoms with E-state index in [0.29, 0.717) is 12.2 Å². The van der Waals surface area contributed by atoms with Crippen molar-refractivity contribution in [2.24, 2.45) is 0 Å². The molecular weight excluding hydrogens is 288 g/mol. The minimum absolute atomic E-state index is 0.163. The Hall–Kier alpha value is -1.56. The molecule has 1 aromatic rings. The second kappa shape index (κ2) is 7.45. The quantitative estimate of drug-likeness (QED) is 0.774. The summed E-state index contributed by atoms with van der Waals surface area (Å²) in [7, 11) is -1.80. The van der Waals surface area contributed by atoms with Crippen LogP contribution in [0.5, 0.6) is 0 Å². The minimum Gasteiger partial charge on any atom is -0.344 e. The summed E-state index contributed by atoms with van der Waals surface area (Å²) >= 11 is 0. The van der Waals surface area contributed by atoms with Crippen LogP contribution in [0.1, 0.15) is 25.3 Å². The number of benzene rings is 1. The zero-order chi connectivity index (χ0) is 16.0. The predicted molar refractivity (Wildman–Crippen MR) is 85.9 cm³/mol. The standard InChI is InChI=1S/C15H24N2O3S/c1-5-6-11-16(3)15(18)12-17(21(4,19)20)14-10-8-7-9-13(14)2/h7-10H,5-6,11-12H2,1-4H3. The van der Waals surface area contributed by atoms with E-state index in [-0.39, 0.29) is 12.5 Å². The SMILES string of the molecule is CCCCN(C)C(=O)CN(c1ccccc1C)S(C)(=O)=O. The van der Waals surface area contributed by atoms with Crippen LogP contribution in [0, 0.1) is 6.92 Å². The Morgan fingerprint density at radius 2 is 1.86 bits per heavy atom. The molecule has 118 valence electrons. The fourth-order valence-corrected chi connectivity index (χ4v) is 2.89. The van der Waals surface area contributed by atoms with Gasteiger partial charge in [0.05, 0.1) is 11.9 Å². The van der Waals surface area contributed by atoms with E-state index in [1.54, 1.807) is 24.1 Å². The minimum atomic E-state index is -3.50. The van der Waals surface area contributed by atoms with Crippen molar-refractivity contribution in [1.29, 1.82) is 0 Å². The Kier molecular flexibility index (Phi) is 6.20. The molecule has 0 saturated carbocycles. The van der Waals surface area contributed by atoms with Gasteiger partial charge < -0.3 is 4.90 Å². The summed E-state index contributed by atoms with van der Waals surface area (Å²) in [5.41, 5.74) is 1.38. The molecule has 0 aliphatic heterocycles. The summed E-state index contributed by atoms with van der Waals surface area (Å²) in [6, 6.07) is 7.16. The van der Waals surface area contributed by atoms with Gasteiger partial charge in [-0.25, -0.2) is 8.42 Å². The first-order chi connectivity index (χ1) is 9.77. The third kappa shape index (κ3) is 5.04. The van der Waals surface area contributed by atoms with Crippen molar-refractivity contribution in [2.45, 2.75) is 26.7 Å². The van der Waals surface area contributed by atoms with Gasteiger partial charge in [0.15, 0.2) is 0 Å². The number of unbranched alkanes of at least 4 members (excludes halogenated alkanes) is 1. The van der Waals surface area contributed by atoms with E-state index in [4.69, 9.17) is 0 Å². The van der Waals surface area contributed by atoms with Crippen LogP contribution in [0.25, 0.3) is 0 Å². The Bertz CT molecular complexity index is 584. The Labute approximate surface area is 127 Å². The number of likely N-dealkylation sites (N-methyl/N-ethyl adjacent to an activating group) is 1. The number of carbonyl (C=O) groups is 1. The maximum atomic E-state index is 12.2. The average Bonchev–Trinajstić information content (AvgIpc) is 2.41. The van der Waals surface area contributed by atoms with Crippen LogP contribution >= 0.6 is 0 Å². The molecule has 0 aliphatic rings. The molecule has 0 spiro atoms. The van der Waals surface area contributed by atoms with Crippen molar-refractivity contribution in [3.63, 3.8) is 0 Å². The molecule has 0 aliphatic carbocycles. The number of hydrogen-bond acceptors (Lipinski definition) is 3. The summed E-state index contributed by atoms with van der Waals surface area (Å²) in [6.07, 6.45) is 3.02. The molecule has 6 heteroatoms. The molecule has 1 rings (SSSR count). The second-order valence-corrected chi connectivity index (χ2v) is 7.13. The first-order valence-corrected chi connectivity index (χ1v) is 8.89. The third-order valence-corrected chi connectivity index (χ3v) is 4.46. The topological polar surface area (TPSA) is 57.7 Å². The van der Waals surface area contributed by atoms with Crippen LogP contribution in [0.2, 0.25) is 0 Å². The largest absolute Gasteiger partial charge is 0.344 e. The van der Waals surface area contributed by atoms with Crippen LogP contribution in [0.4, 0.5) is 5.69 Å². The first kappa shape index (κ1) is 17.5. The lowest BCUT2D eigenvalue weighted by molar-refractivity contribution is -0.128. The molecule has 0 bridgehead atoms. The second-order valence-electron chi connectivity index (χ2n) is 5.22. The van der Waals surface area contributed by atoms with Crippen LogP contribution in [0.15, 0.2) is 24.3 Å². The van der Waals surface area contributed by atoms with Crippen molar-refractivity contribution in [1.82, 2.24) is 4.90 Å². The average molecular weight is 312 g/mol. The number of aryl methyl sites for hydroxylation is 1. The van der Waals surface area contributed by atoms with Crippen LogP contribution in [0.3, 0.4) is 0 Å². The first-order valence-electron chi connectivity index (χ1n) is 7.04. The molecular formula is C15H24N2O3S. The highest BCUT2D eigenvalue weighted by Gasteiger charge is 2.23. The maximum Gasteiger partial charge on any atom is 0.243 e. The molecule has 0 aromatic heterocycles. The van der Waals surface area contributed by atoms with Gasteiger partial charge in [-0.3, -0.25) is 9.10 Å². The normalized spacial score (nSPS) is 11.2. The molecule has 0 saturated heterocycles. The molecule has 0 fully saturated rings. The highest BCUT2D eigenvalue weighted by molar-refractivity contribution is 7.92. The van der Waals surface area contributed by atoms with E-state index < -0.39 is 10.0 Å². The summed E-state index contributed by atoms with van der Waals surface area (Å²) in [5, 5.41) is 0. The Morgan fingerprint density at radius 3 is 2.38 bits per heavy atom. The van der Waals surface area contributed by atoms with E-state index in [2.05, 4.69) is 6.92 Å². The smallest absolute Gasteiger partial charge is 0.243 e. The molecule has 1 aromatic carbocycles. The van der Waals surface area contributed by atoms with Crippen LogP contribution in [-0.2, 0) is 14.8 Å². The molecule has 1 amide bonds. The molecule has 21 heavy (non-hydrogen) atoms. The lowest BCUT2D eigenvalue weighted by Crippen LogP contribution is -2.41. The van der Waals surface area contributed by atoms with Crippen molar-refractivity contribution < 1.29 is 13.2 Å². The summed E-state index contributed by atoms with van der Waals surface area (Å²) in [4.78, 5) is 13.8. The number of hydrogen-bond donors (Lipinski definition) is 0. The van der Waals surface area contributed by atoms with Crippen molar-refractivity contribution in [3.05, 3.63) is 29.8 Å². The number of nitrogens with zero attached hydrogens (tertiary/aromatic N) is 2. The van der Waals surface area contributed by atoms with E-state index in [9.17, 15) is 13.2 Å². The fourth-order valence-electron chi connectivity index (χ4n) is 1.99. The third-order valence-electron chi connectivity index (χ3n) is 3.34. The van der Waals surface area contributed by atoms with E-state index in [1.165, 1.54) is 4.31 Å². The van der Waals surface area contributed by atoms with Gasteiger partial charge in [-0.1, -0.05) is 31.5 Å². The number of amides is 1. The lowest BCUT2D eigenvalue weighted by atomic mass is 10.2. The fraction of sp³-hybridized carbons (Fsp3) is 0.533. The molecule has 0 radical (unpaired) electrons. The van der Waals surface area contributed by atoms with Crippen LogP contribution in [-0.4, -0.2) is 45.6 Å². The lowest BCUT2D eigenvalue weighted by Gasteiger charge is -2.26. The number of para-hydroxylation sites is 1. The van der Waals surface area contributed by atoms with Gasteiger partial charge in [0.25, 0.3) is 0 Å². The van der Waals surface area contributed by atoms with Crippen molar-refractivity contribution in [2.75, 3.05) is 30.7 Å². The highest BCUT2D eigenvalue weighted by atomic mass is 32.2. The molecule has 0 N–H and O–H groups in total. The number of sulfonamides is 1. The summed E-state index contributed by atoms with van der Waals surface area (Å²) in [5.74, 6) is -0.197. The van der Waals surface area contributed by atoms with Gasteiger partial charge in [0.2, 0.25) is 15.9 Å². The van der Waals surface area contributed by atoms with Crippen molar-refractivity contribution >= 4 is 21.6 Å². The van der Waals surface area contributed by atoms with E-state index in [0.717, 1.165) is 24.7 Å². The Morgan fingerprint density at radius 1 is 1.24 bits per heavy atom. The molecule has 0 heterocycles. The van der Waals surface area contributed by atoms with E-state index in [1.807, 2.05) is 19.1 Å². The van der Waals surface area contributed by atoms with Gasteiger partial charge in [-0.2, -0.15) is 0 Å². The van der Waals surface area contributed by atoms with Gasteiger partial charge in [0.1, 0.15) is 6.54 Å². The predicted octanol–water partition coefficient (Wildman–Crippen LogP) is 2.02. The summed E-state index contributed by atoms with van der Waals surface area (Å²) in [6.45, 7) is 4.36.